The Bertz CT molecular complexity index is 927. The Balaban J connectivity index is 1.83. The molecule has 5 rings (SSSR count). The number of aryl methyl sites for hydroxylation is 2. The van der Waals surface area contributed by atoms with Crippen molar-refractivity contribution >= 4 is 22.7 Å². The van der Waals surface area contributed by atoms with Gasteiger partial charge in [-0.3, -0.25) is 0 Å². The minimum absolute atomic E-state index is 0.459. The van der Waals surface area contributed by atoms with E-state index in [1.807, 2.05) is 11.8 Å². The van der Waals surface area contributed by atoms with E-state index in [-0.39, 0.29) is 0 Å². The molecule has 23 heavy (non-hydrogen) atoms. The van der Waals surface area contributed by atoms with E-state index in [1.54, 1.807) is 0 Å². The monoisotopic (exact) mass is 321 g/mol. The van der Waals surface area contributed by atoms with Crippen LogP contribution in [-0.4, -0.2) is 16.9 Å². The summed E-state index contributed by atoms with van der Waals surface area (Å²) in [7, 11) is 2.20. The van der Waals surface area contributed by atoms with Crippen LogP contribution >= 0.6 is 11.8 Å². The van der Waals surface area contributed by atoms with Crippen molar-refractivity contribution in [3.05, 3.63) is 59.2 Å². The van der Waals surface area contributed by atoms with Crippen molar-refractivity contribution in [1.82, 2.24) is 4.57 Å². The van der Waals surface area contributed by atoms with Crippen LogP contribution in [0.25, 0.3) is 10.9 Å². The first kappa shape index (κ1) is 13.6. The summed E-state index contributed by atoms with van der Waals surface area (Å²) >= 11 is 1.99. The first-order valence-corrected chi connectivity index (χ1v) is 9.16. The van der Waals surface area contributed by atoms with Gasteiger partial charge in [-0.2, -0.15) is 0 Å². The molecule has 0 saturated carbocycles. The standard InChI is InChI=1S/C20H19NOS/c1-12-7-8-17-15(9-12)18-13(10-22-17)11-23-20-19(18)14-5-3-4-6-16(14)21(20)2/h3-9,13,18H,10-11H2,1-2H3/t13-,18+/m0/s1. The molecule has 0 N–H and O–H groups in total. The molecule has 2 aliphatic heterocycles. The molecular weight excluding hydrogens is 302 g/mol. The predicted molar refractivity (Wildman–Crippen MR) is 95.7 cm³/mol. The molecule has 3 heteroatoms. The third kappa shape index (κ3) is 1.83. The molecule has 2 aromatic carbocycles. The molecule has 0 aliphatic carbocycles. The Kier molecular flexibility index (Phi) is 2.84. The molecule has 0 radical (unpaired) electrons. The van der Waals surface area contributed by atoms with Gasteiger partial charge in [0.15, 0.2) is 0 Å². The van der Waals surface area contributed by atoms with Gasteiger partial charge < -0.3 is 9.30 Å². The van der Waals surface area contributed by atoms with Crippen LogP contribution in [0, 0.1) is 12.8 Å². The molecule has 0 fully saturated rings. The fourth-order valence-corrected chi connectivity index (χ4v) is 5.53. The lowest BCUT2D eigenvalue weighted by Gasteiger charge is -2.37. The lowest BCUT2D eigenvalue weighted by atomic mass is 9.79. The summed E-state index contributed by atoms with van der Waals surface area (Å²) in [5, 5.41) is 2.84. The molecule has 0 bridgehead atoms. The maximum Gasteiger partial charge on any atom is 0.123 e. The van der Waals surface area contributed by atoms with Gasteiger partial charge in [-0.25, -0.2) is 0 Å². The zero-order chi connectivity index (χ0) is 15.6. The number of aromatic nitrogens is 1. The quantitative estimate of drug-likeness (QED) is 0.594. The van der Waals surface area contributed by atoms with E-state index in [4.69, 9.17) is 4.74 Å². The van der Waals surface area contributed by atoms with Gasteiger partial charge >= 0.3 is 0 Å². The second kappa shape index (κ2) is 4.81. The number of thioether (sulfide) groups is 1. The fraction of sp³-hybridized carbons (Fsp3) is 0.300. The number of para-hydroxylation sites is 1. The summed E-state index contributed by atoms with van der Waals surface area (Å²) in [6, 6.07) is 15.4. The highest BCUT2D eigenvalue weighted by molar-refractivity contribution is 7.99. The summed E-state index contributed by atoms with van der Waals surface area (Å²) in [4.78, 5) is 0. The molecule has 3 heterocycles. The average molecular weight is 321 g/mol. The largest absolute Gasteiger partial charge is 0.493 e. The SMILES string of the molecule is Cc1ccc2c(c1)[C@@H]1c3c(n(C)c4ccccc34)SC[C@@H]1CO2. The van der Waals surface area contributed by atoms with Crippen LogP contribution in [0.15, 0.2) is 47.5 Å². The highest BCUT2D eigenvalue weighted by Gasteiger charge is 2.39. The van der Waals surface area contributed by atoms with E-state index < -0.39 is 0 Å². The topological polar surface area (TPSA) is 14.2 Å². The maximum absolute atomic E-state index is 6.06. The number of ether oxygens (including phenoxy) is 1. The van der Waals surface area contributed by atoms with E-state index in [1.165, 1.54) is 32.6 Å². The molecule has 0 unspecified atom stereocenters. The van der Waals surface area contributed by atoms with Gasteiger partial charge in [0.1, 0.15) is 5.75 Å². The van der Waals surface area contributed by atoms with Gasteiger partial charge in [0.05, 0.1) is 11.6 Å². The molecule has 2 aliphatic rings. The van der Waals surface area contributed by atoms with Crippen LogP contribution in [0.5, 0.6) is 5.75 Å². The van der Waals surface area contributed by atoms with Crippen molar-refractivity contribution in [2.24, 2.45) is 13.0 Å². The molecule has 2 nitrogen and oxygen atoms in total. The number of hydrogen-bond donors (Lipinski definition) is 0. The third-order valence-corrected chi connectivity index (χ3v) is 6.62. The van der Waals surface area contributed by atoms with Gasteiger partial charge in [0.2, 0.25) is 0 Å². The summed E-state index contributed by atoms with van der Waals surface area (Å²) in [6.07, 6.45) is 0. The van der Waals surface area contributed by atoms with E-state index in [0.717, 1.165) is 18.1 Å². The summed E-state index contributed by atoms with van der Waals surface area (Å²) in [6.45, 7) is 3.00. The number of nitrogens with zero attached hydrogens (tertiary/aromatic N) is 1. The van der Waals surface area contributed by atoms with Crippen LogP contribution < -0.4 is 4.74 Å². The number of benzene rings is 2. The highest BCUT2D eigenvalue weighted by atomic mass is 32.2. The van der Waals surface area contributed by atoms with Crippen molar-refractivity contribution in [3.8, 4) is 5.75 Å². The first-order chi connectivity index (χ1) is 11.2. The van der Waals surface area contributed by atoms with Crippen molar-refractivity contribution in [2.75, 3.05) is 12.4 Å². The van der Waals surface area contributed by atoms with Gasteiger partial charge in [0.25, 0.3) is 0 Å². The molecule has 116 valence electrons. The molecule has 1 aromatic heterocycles. The Morgan fingerprint density at radius 2 is 2.04 bits per heavy atom. The first-order valence-electron chi connectivity index (χ1n) is 8.17. The highest BCUT2D eigenvalue weighted by Crippen LogP contribution is 2.52. The van der Waals surface area contributed by atoms with Crippen molar-refractivity contribution < 1.29 is 4.74 Å². The summed E-state index contributed by atoms with van der Waals surface area (Å²) in [5.74, 6) is 3.23. The molecule has 2 atom stereocenters. The lowest BCUT2D eigenvalue weighted by Crippen LogP contribution is -2.31. The van der Waals surface area contributed by atoms with Crippen molar-refractivity contribution in [1.29, 1.82) is 0 Å². The maximum atomic E-state index is 6.06. The number of fused-ring (bicyclic) bond motifs is 7. The average Bonchev–Trinajstić information content (AvgIpc) is 2.88. The second-order valence-electron chi connectivity index (χ2n) is 6.70. The minimum atomic E-state index is 0.459. The Morgan fingerprint density at radius 3 is 2.96 bits per heavy atom. The van der Waals surface area contributed by atoms with Crippen LogP contribution in [0.1, 0.15) is 22.6 Å². The molecular formula is C20H19NOS. The Hall–Kier alpha value is -1.87. The van der Waals surface area contributed by atoms with E-state index in [9.17, 15) is 0 Å². The van der Waals surface area contributed by atoms with E-state index >= 15 is 0 Å². The van der Waals surface area contributed by atoms with Gasteiger partial charge in [0, 0.05) is 41.1 Å². The second-order valence-corrected chi connectivity index (χ2v) is 7.70. The number of rotatable bonds is 0. The Labute approximate surface area is 140 Å². The normalized spacial score (nSPS) is 22.2. The lowest BCUT2D eigenvalue weighted by molar-refractivity contribution is 0.218. The fourth-order valence-electron chi connectivity index (χ4n) is 4.19. The predicted octanol–water partition coefficient (Wildman–Crippen LogP) is 4.73. The van der Waals surface area contributed by atoms with Crippen LogP contribution in [-0.2, 0) is 7.05 Å². The molecule has 0 spiro atoms. The van der Waals surface area contributed by atoms with E-state index in [2.05, 4.69) is 61.0 Å². The Morgan fingerprint density at radius 1 is 1.17 bits per heavy atom. The molecule has 3 aromatic rings. The summed E-state index contributed by atoms with van der Waals surface area (Å²) in [5.41, 5.74) is 5.54. The zero-order valence-electron chi connectivity index (χ0n) is 13.4. The van der Waals surface area contributed by atoms with Crippen LogP contribution in [0.4, 0.5) is 0 Å². The van der Waals surface area contributed by atoms with E-state index in [0.29, 0.717) is 11.8 Å². The summed E-state index contributed by atoms with van der Waals surface area (Å²) < 4.78 is 8.43. The molecule has 0 amide bonds. The van der Waals surface area contributed by atoms with Gasteiger partial charge in [-0.05, 0) is 24.6 Å². The van der Waals surface area contributed by atoms with Crippen LogP contribution in [0.2, 0.25) is 0 Å². The van der Waals surface area contributed by atoms with Crippen molar-refractivity contribution in [2.45, 2.75) is 17.9 Å². The van der Waals surface area contributed by atoms with Gasteiger partial charge in [-0.15, -0.1) is 11.8 Å². The minimum Gasteiger partial charge on any atom is -0.493 e. The number of hydrogen-bond acceptors (Lipinski definition) is 2. The van der Waals surface area contributed by atoms with Gasteiger partial charge in [-0.1, -0.05) is 35.9 Å². The zero-order valence-corrected chi connectivity index (χ0v) is 14.2. The smallest absolute Gasteiger partial charge is 0.123 e. The molecule has 0 saturated heterocycles. The van der Waals surface area contributed by atoms with Crippen molar-refractivity contribution in [3.63, 3.8) is 0 Å². The third-order valence-electron chi connectivity index (χ3n) is 5.26. The van der Waals surface area contributed by atoms with Crippen LogP contribution in [0.3, 0.4) is 0 Å².